The van der Waals surface area contributed by atoms with Crippen LogP contribution in [0, 0.1) is 5.92 Å². The fourth-order valence-electron chi connectivity index (χ4n) is 3.30. The quantitative estimate of drug-likeness (QED) is 0.793. The predicted octanol–water partition coefficient (Wildman–Crippen LogP) is 0.776. The first kappa shape index (κ1) is 18.0. The Hall–Kier alpha value is -1.84. The topological polar surface area (TPSA) is 111 Å². The van der Waals surface area contributed by atoms with E-state index < -0.39 is 10.0 Å². The highest BCUT2D eigenvalue weighted by Gasteiger charge is 2.33. The number of amides is 1. The van der Waals surface area contributed by atoms with Crippen LogP contribution in [0.3, 0.4) is 0 Å². The minimum Gasteiger partial charge on any atom is -0.495 e. The molecule has 1 amide bonds. The molecule has 0 bridgehead atoms. The molecule has 2 heterocycles. The van der Waals surface area contributed by atoms with Gasteiger partial charge in [-0.3, -0.25) is 4.79 Å². The van der Waals surface area contributed by atoms with Crippen molar-refractivity contribution in [3.63, 3.8) is 0 Å². The molecule has 3 N–H and O–H groups in total. The van der Waals surface area contributed by atoms with E-state index in [0.717, 1.165) is 19.3 Å². The molecule has 3 rings (SSSR count). The van der Waals surface area contributed by atoms with Crippen LogP contribution >= 0.6 is 0 Å². The summed E-state index contributed by atoms with van der Waals surface area (Å²) >= 11 is 0. The van der Waals surface area contributed by atoms with Gasteiger partial charge in [-0.1, -0.05) is 0 Å². The van der Waals surface area contributed by atoms with Gasteiger partial charge in [-0.05, 0) is 31.7 Å². The highest BCUT2D eigenvalue weighted by molar-refractivity contribution is 7.89. The fraction of sp³-hybridized carbons (Fsp3) is 0.562. The van der Waals surface area contributed by atoms with E-state index in [1.807, 2.05) is 0 Å². The number of benzene rings is 1. The lowest BCUT2D eigenvalue weighted by Crippen LogP contribution is -2.40. The molecule has 0 spiro atoms. The van der Waals surface area contributed by atoms with E-state index >= 15 is 0 Å². The molecule has 8 nitrogen and oxygen atoms in total. The molecule has 1 aromatic carbocycles. The Kier molecular flexibility index (Phi) is 5.16. The number of carbonyl (C=O) groups excluding carboxylic acids is 1. The number of hydrogen-bond donors (Lipinski definition) is 2. The first-order valence-electron chi connectivity index (χ1n) is 8.30. The molecule has 1 atom stereocenters. The molecular weight excluding hydrogens is 346 g/mol. The van der Waals surface area contributed by atoms with Gasteiger partial charge in [-0.2, -0.15) is 4.31 Å². The van der Waals surface area contributed by atoms with E-state index in [0.29, 0.717) is 31.1 Å². The number of nitrogens with zero attached hydrogens (tertiary/aromatic N) is 1. The number of fused-ring (bicyclic) bond motifs is 1. The molecule has 0 radical (unpaired) electrons. The van der Waals surface area contributed by atoms with Crippen LogP contribution in [0.25, 0.3) is 0 Å². The molecule has 2 aliphatic rings. The Morgan fingerprint density at radius 2 is 2.24 bits per heavy atom. The van der Waals surface area contributed by atoms with Crippen molar-refractivity contribution in [1.82, 2.24) is 4.31 Å². The Morgan fingerprint density at radius 3 is 2.96 bits per heavy atom. The molecule has 0 saturated carbocycles. The summed E-state index contributed by atoms with van der Waals surface area (Å²) in [5.41, 5.74) is 6.03. The molecule has 25 heavy (non-hydrogen) atoms. The van der Waals surface area contributed by atoms with Gasteiger partial charge >= 0.3 is 0 Å². The summed E-state index contributed by atoms with van der Waals surface area (Å²) in [5.74, 6) is 0.499. The number of sulfonamides is 1. The van der Waals surface area contributed by atoms with Crippen LogP contribution in [0.5, 0.6) is 11.5 Å². The zero-order chi connectivity index (χ0) is 18.0. The number of nitrogens with two attached hydrogens (primary N) is 1. The van der Waals surface area contributed by atoms with E-state index in [2.05, 4.69) is 5.32 Å². The molecule has 2 aliphatic heterocycles. The second kappa shape index (κ2) is 7.19. The molecule has 9 heteroatoms. The van der Waals surface area contributed by atoms with Gasteiger partial charge in [0.2, 0.25) is 10.0 Å². The highest BCUT2D eigenvalue weighted by atomic mass is 32.2. The summed E-state index contributed by atoms with van der Waals surface area (Å²) in [5, 5.41) is 2.65. The zero-order valence-electron chi connectivity index (χ0n) is 14.2. The van der Waals surface area contributed by atoms with Gasteiger partial charge in [0.15, 0.2) is 6.61 Å². The summed E-state index contributed by atoms with van der Waals surface area (Å²) < 4.78 is 38.4. The fourth-order valence-corrected chi connectivity index (χ4v) is 5.01. The maximum absolute atomic E-state index is 13.1. The lowest BCUT2D eigenvalue weighted by molar-refractivity contribution is -0.118. The van der Waals surface area contributed by atoms with E-state index in [9.17, 15) is 13.2 Å². The van der Waals surface area contributed by atoms with Crippen LogP contribution in [0.1, 0.15) is 19.3 Å². The monoisotopic (exact) mass is 369 g/mol. The average molecular weight is 369 g/mol. The third kappa shape index (κ3) is 3.58. The van der Waals surface area contributed by atoms with Crippen molar-refractivity contribution < 1.29 is 22.7 Å². The maximum atomic E-state index is 13.1. The minimum absolute atomic E-state index is 0.0540. The molecule has 1 unspecified atom stereocenters. The van der Waals surface area contributed by atoms with Gasteiger partial charge in [-0.25, -0.2) is 8.42 Å². The van der Waals surface area contributed by atoms with Crippen molar-refractivity contribution >= 4 is 21.6 Å². The zero-order valence-corrected chi connectivity index (χ0v) is 15.0. The number of ether oxygens (including phenoxy) is 2. The molecular formula is C16H23N3O5S. The van der Waals surface area contributed by atoms with Gasteiger partial charge in [0.05, 0.1) is 12.8 Å². The van der Waals surface area contributed by atoms with Crippen molar-refractivity contribution in [2.75, 3.05) is 38.7 Å². The Labute approximate surface area is 147 Å². The van der Waals surface area contributed by atoms with Gasteiger partial charge < -0.3 is 20.5 Å². The second-order valence-electron chi connectivity index (χ2n) is 6.28. The van der Waals surface area contributed by atoms with Crippen LogP contribution in [0.4, 0.5) is 5.69 Å². The van der Waals surface area contributed by atoms with Crippen LogP contribution < -0.4 is 20.5 Å². The molecule has 0 aromatic heterocycles. The van der Waals surface area contributed by atoms with Crippen molar-refractivity contribution in [2.45, 2.75) is 24.2 Å². The number of methoxy groups -OCH3 is 1. The Bertz CT molecular complexity index is 763. The molecule has 138 valence electrons. The Balaban J connectivity index is 1.95. The number of hydrogen-bond acceptors (Lipinski definition) is 6. The minimum atomic E-state index is -3.73. The largest absolute Gasteiger partial charge is 0.495 e. The first-order chi connectivity index (χ1) is 12.0. The molecule has 1 saturated heterocycles. The summed E-state index contributed by atoms with van der Waals surface area (Å²) in [6.45, 7) is 1.34. The number of anilines is 1. The van der Waals surface area contributed by atoms with Crippen LogP contribution in [-0.2, 0) is 14.8 Å². The van der Waals surface area contributed by atoms with Crippen LogP contribution in [-0.4, -0.2) is 52.0 Å². The van der Waals surface area contributed by atoms with Crippen molar-refractivity contribution in [3.05, 3.63) is 12.1 Å². The smallest absolute Gasteiger partial charge is 0.262 e. The lowest BCUT2D eigenvalue weighted by Gasteiger charge is -2.32. The van der Waals surface area contributed by atoms with Gasteiger partial charge in [0.1, 0.15) is 16.4 Å². The third-order valence-corrected chi connectivity index (χ3v) is 6.46. The van der Waals surface area contributed by atoms with Crippen molar-refractivity contribution in [1.29, 1.82) is 0 Å². The second-order valence-corrected chi connectivity index (χ2v) is 8.19. The predicted molar refractivity (Wildman–Crippen MR) is 92.3 cm³/mol. The van der Waals surface area contributed by atoms with E-state index in [4.69, 9.17) is 15.2 Å². The summed E-state index contributed by atoms with van der Waals surface area (Å²) in [6.07, 6.45) is 2.60. The number of carbonyl (C=O) groups is 1. The molecule has 1 fully saturated rings. The molecule has 0 aliphatic carbocycles. The van der Waals surface area contributed by atoms with E-state index in [-0.39, 0.29) is 29.1 Å². The highest BCUT2D eigenvalue weighted by Crippen LogP contribution is 2.39. The van der Waals surface area contributed by atoms with Crippen LogP contribution in [0.15, 0.2) is 17.0 Å². The number of piperidine rings is 1. The van der Waals surface area contributed by atoms with Gasteiger partial charge in [0, 0.05) is 25.2 Å². The van der Waals surface area contributed by atoms with E-state index in [1.54, 1.807) is 0 Å². The summed E-state index contributed by atoms with van der Waals surface area (Å²) in [4.78, 5) is 11.5. The standard InChI is InChI=1S/C16H23N3O5S/c1-23-14-7-12-13(24-10-16(20)18-12)8-15(14)25(21,22)19-6-2-3-11(9-19)4-5-17/h7-8,11H,2-6,9-10,17H2,1H3,(H,18,20). The van der Waals surface area contributed by atoms with Crippen molar-refractivity contribution in [2.24, 2.45) is 11.7 Å². The lowest BCUT2D eigenvalue weighted by atomic mass is 9.96. The summed E-state index contributed by atoms with van der Waals surface area (Å²) in [7, 11) is -2.33. The maximum Gasteiger partial charge on any atom is 0.262 e. The normalized spacial score (nSPS) is 21.2. The van der Waals surface area contributed by atoms with Crippen LogP contribution in [0.2, 0.25) is 0 Å². The van der Waals surface area contributed by atoms with Gasteiger partial charge in [-0.15, -0.1) is 0 Å². The SMILES string of the molecule is COc1cc2c(cc1S(=O)(=O)N1CCCC(CCN)C1)OCC(=O)N2. The van der Waals surface area contributed by atoms with Gasteiger partial charge in [0.25, 0.3) is 5.91 Å². The van der Waals surface area contributed by atoms with Crippen molar-refractivity contribution in [3.8, 4) is 11.5 Å². The average Bonchev–Trinajstić information content (AvgIpc) is 2.61. The first-order valence-corrected chi connectivity index (χ1v) is 9.74. The third-order valence-electron chi connectivity index (χ3n) is 4.57. The number of nitrogens with one attached hydrogen (secondary N) is 1. The summed E-state index contributed by atoms with van der Waals surface area (Å²) in [6, 6.07) is 2.91. The molecule has 1 aromatic rings. The Morgan fingerprint density at radius 1 is 1.44 bits per heavy atom. The van der Waals surface area contributed by atoms with E-state index in [1.165, 1.54) is 23.5 Å². The number of rotatable bonds is 5.